The molecule has 0 aliphatic heterocycles. The molecule has 1 heterocycles. The molecule has 180 valence electrons. The molecule has 1 aromatic heterocycles. The van der Waals surface area contributed by atoms with Crippen molar-refractivity contribution >= 4 is 22.7 Å². The maximum Gasteiger partial charge on any atom is 0.416 e. The first kappa shape index (κ1) is 23.9. The maximum absolute atomic E-state index is 15.0. The first-order valence-corrected chi connectivity index (χ1v) is 10.4. The van der Waals surface area contributed by atoms with Crippen LogP contribution in [-0.4, -0.2) is 23.8 Å². The van der Waals surface area contributed by atoms with E-state index in [1.54, 1.807) is 18.2 Å². The number of rotatable bonds is 5. The minimum atomic E-state index is -4.55. The summed E-state index contributed by atoms with van der Waals surface area (Å²) in [6.45, 7) is -0.309. The maximum atomic E-state index is 15.0. The minimum Gasteiger partial charge on any atom is -0.354 e. The molecule has 0 radical (unpaired) electrons. The number of hydrogen-bond donors (Lipinski definition) is 3. The van der Waals surface area contributed by atoms with Gasteiger partial charge in [0.1, 0.15) is 17.3 Å². The SMILES string of the molecule is CNC(=O)c1cc2c(-c3cc(F)c(C(=O)NCc4cccc(C(F)(F)F)c4)cc3F)cccc2[nH]1. The molecule has 10 heteroatoms. The summed E-state index contributed by atoms with van der Waals surface area (Å²) >= 11 is 0. The van der Waals surface area contributed by atoms with E-state index in [2.05, 4.69) is 15.6 Å². The lowest BCUT2D eigenvalue weighted by atomic mass is 9.99. The van der Waals surface area contributed by atoms with Crippen LogP contribution in [0, 0.1) is 11.6 Å². The molecule has 35 heavy (non-hydrogen) atoms. The lowest BCUT2D eigenvalue weighted by Crippen LogP contribution is -2.24. The van der Waals surface area contributed by atoms with Gasteiger partial charge in [0.15, 0.2) is 0 Å². The van der Waals surface area contributed by atoms with Gasteiger partial charge in [0.05, 0.1) is 11.1 Å². The van der Waals surface area contributed by atoms with Crippen LogP contribution in [0.3, 0.4) is 0 Å². The van der Waals surface area contributed by atoms with E-state index in [4.69, 9.17) is 0 Å². The third kappa shape index (κ3) is 4.86. The number of H-pyrrole nitrogens is 1. The van der Waals surface area contributed by atoms with Gasteiger partial charge < -0.3 is 15.6 Å². The Morgan fingerprint density at radius 2 is 1.63 bits per heavy atom. The van der Waals surface area contributed by atoms with Crippen LogP contribution in [0.25, 0.3) is 22.0 Å². The molecule has 0 fully saturated rings. The number of fused-ring (bicyclic) bond motifs is 1. The Bertz CT molecular complexity index is 1440. The Morgan fingerprint density at radius 3 is 2.34 bits per heavy atom. The molecule has 0 unspecified atom stereocenters. The standard InChI is InChI=1S/C25H18F5N3O2/c1-31-24(35)22-11-17-15(6-3-7-21(17)33-22)16-9-20(27)18(10-19(16)26)23(34)32-12-13-4-2-5-14(8-13)25(28,29)30/h2-11,33H,12H2,1H3,(H,31,35)(H,32,34). The molecule has 0 saturated carbocycles. The number of amides is 2. The van der Waals surface area contributed by atoms with Crippen LogP contribution >= 0.6 is 0 Å². The van der Waals surface area contributed by atoms with E-state index in [0.717, 1.165) is 24.3 Å². The molecule has 0 bridgehead atoms. The molecule has 5 nitrogen and oxygen atoms in total. The fourth-order valence-electron chi connectivity index (χ4n) is 3.71. The van der Waals surface area contributed by atoms with Crippen molar-refractivity contribution < 1.29 is 31.5 Å². The van der Waals surface area contributed by atoms with Crippen LogP contribution in [0.2, 0.25) is 0 Å². The van der Waals surface area contributed by atoms with Crippen LogP contribution < -0.4 is 10.6 Å². The van der Waals surface area contributed by atoms with Crippen LogP contribution in [0.5, 0.6) is 0 Å². The number of carbonyl (C=O) groups is 2. The molecule has 0 aliphatic rings. The highest BCUT2D eigenvalue weighted by molar-refractivity contribution is 6.03. The third-order valence-electron chi connectivity index (χ3n) is 5.43. The summed E-state index contributed by atoms with van der Waals surface area (Å²) in [5.74, 6) is -3.26. The fourth-order valence-corrected chi connectivity index (χ4v) is 3.71. The van der Waals surface area contributed by atoms with Gasteiger partial charge in [-0.1, -0.05) is 24.3 Å². The lowest BCUT2D eigenvalue weighted by Gasteiger charge is -2.11. The molecule has 2 amide bonds. The average molecular weight is 487 g/mol. The van der Waals surface area contributed by atoms with Crippen LogP contribution in [0.1, 0.15) is 32.0 Å². The molecule has 0 aliphatic carbocycles. The van der Waals surface area contributed by atoms with E-state index in [9.17, 15) is 27.2 Å². The zero-order valence-corrected chi connectivity index (χ0v) is 18.2. The first-order chi connectivity index (χ1) is 16.6. The number of benzene rings is 3. The monoisotopic (exact) mass is 487 g/mol. The second kappa shape index (κ2) is 9.21. The molecule has 3 aromatic carbocycles. The van der Waals surface area contributed by atoms with Gasteiger partial charge in [0.2, 0.25) is 0 Å². The summed E-state index contributed by atoms with van der Waals surface area (Å²) in [7, 11) is 1.46. The average Bonchev–Trinajstić information content (AvgIpc) is 3.27. The summed E-state index contributed by atoms with van der Waals surface area (Å²) < 4.78 is 68.5. The highest BCUT2D eigenvalue weighted by Gasteiger charge is 2.30. The molecular weight excluding hydrogens is 469 g/mol. The van der Waals surface area contributed by atoms with Gasteiger partial charge in [-0.2, -0.15) is 13.2 Å². The van der Waals surface area contributed by atoms with Gasteiger partial charge in [-0.3, -0.25) is 9.59 Å². The van der Waals surface area contributed by atoms with E-state index < -0.39 is 34.8 Å². The topological polar surface area (TPSA) is 74.0 Å². The molecule has 3 N–H and O–H groups in total. The third-order valence-corrected chi connectivity index (χ3v) is 5.43. The number of alkyl halides is 3. The van der Waals surface area contributed by atoms with Gasteiger partial charge in [0, 0.05) is 30.1 Å². The largest absolute Gasteiger partial charge is 0.416 e. The number of aromatic amines is 1. The van der Waals surface area contributed by atoms with Crippen molar-refractivity contribution in [3.63, 3.8) is 0 Å². The van der Waals surface area contributed by atoms with Gasteiger partial charge in [-0.05, 0) is 47.5 Å². The smallest absolute Gasteiger partial charge is 0.354 e. The Hall–Kier alpha value is -4.21. The van der Waals surface area contributed by atoms with Crippen molar-refractivity contribution in [3.8, 4) is 11.1 Å². The van der Waals surface area contributed by atoms with Crippen LogP contribution in [0.15, 0.2) is 60.7 Å². The van der Waals surface area contributed by atoms with E-state index in [1.807, 2.05) is 0 Å². The fraction of sp³-hybridized carbons (Fsp3) is 0.120. The quantitative estimate of drug-likeness (QED) is 0.329. The second-order valence-electron chi connectivity index (χ2n) is 7.72. The minimum absolute atomic E-state index is 0.120. The van der Waals surface area contributed by atoms with Crippen molar-refractivity contribution in [2.75, 3.05) is 7.05 Å². The van der Waals surface area contributed by atoms with Crippen LogP contribution in [0.4, 0.5) is 22.0 Å². The van der Waals surface area contributed by atoms with Crippen molar-refractivity contribution in [3.05, 3.63) is 94.7 Å². The predicted octanol–water partition coefficient (Wildman–Crippen LogP) is 5.42. The highest BCUT2D eigenvalue weighted by atomic mass is 19.4. The summed E-state index contributed by atoms with van der Waals surface area (Å²) in [5.41, 5.74) is -0.372. The number of halogens is 5. The zero-order valence-electron chi connectivity index (χ0n) is 18.2. The Balaban J connectivity index is 1.61. The normalized spacial score (nSPS) is 11.5. The Labute approximate surface area is 196 Å². The summed E-state index contributed by atoms with van der Waals surface area (Å²) in [6, 6.07) is 12.3. The van der Waals surface area contributed by atoms with E-state index in [0.29, 0.717) is 16.5 Å². The van der Waals surface area contributed by atoms with E-state index in [1.165, 1.54) is 25.2 Å². The van der Waals surface area contributed by atoms with Crippen molar-refractivity contribution in [1.82, 2.24) is 15.6 Å². The number of nitrogens with one attached hydrogen (secondary N) is 3. The molecule has 4 aromatic rings. The summed E-state index contributed by atoms with van der Waals surface area (Å²) in [6.07, 6.45) is -4.55. The Kier molecular flexibility index (Phi) is 6.29. The summed E-state index contributed by atoms with van der Waals surface area (Å²) in [4.78, 5) is 27.3. The van der Waals surface area contributed by atoms with Gasteiger partial charge in [-0.25, -0.2) is 8.78 Å². The second-order valence-corrected chi connectivity index (χ2v) is 7.72. The van der Waals surface area contributed by atoms with Crippen molar-refractivity contribution in [2.24, 2.45) is 0 Å². The zero-order chi connectivity index (χ0) is 25.3. The lowest BCUT2D eigenvalue weighted by molar-refractivity contribution is -0.137. The van der Waals surface area contributed by atoms with Crippen LogP contribution in [-0.2, 0) is 12.7 Å². The predicted molar refractivity (Wildman–Crippen MR) is 120 cm³/mol. The molecule has 0 spiro atoms. The molecule has 0 atom stereocenters. The van der Waals surface area contributed by atoms with Crippen molar-refractivity contribution in [1.29, 1.82) is 0 Å². The summed E-state index contributed by atoms with van der Waals surface area (Å²) in [5, 5.41) is 5.26. The van der Waals surface area contributed by atoms with Gasteiger partial charge in [-0.15, -0.1) is 0 Å². The molecule has 4 rings (SSSR count). The highest BCUT2D eigenvalue weighted by Crippen LogP contribution is 2.33. The van der Waals surface area contributed by atoms with E-state index >= 15 is 4.39 Å². The van der Waals surface area contributed by atoms with Gasteiger partial charge >= 0.3 is 6.18 Å². The number of carbonyl (C=O) groups excluding carboxylic acids is 2. The molecule has 0 saturated heterocycles. The Morgan fingerprint density at radius 1 is 0.886 bits per heavy atom. The molecular formula is C25H18F5N3O2. The van der Waals surface area contributed by atoms with E-state index in [-0.39, 0.29) is 29.3 Å². The number of aromatic nitrogens is 1. The first-order valence-electron chi connectivity index (χ1n) is 10.4. The van der Waals surface area contributed by atoms with Crippen molar-refractivity contribution in [2.45, 2.75) is 12.7 Å². The van der Waals surface area contributed by atoms with Gasteiger partial charge in [0.25, 0.3) is 11.8 Å². The number of hydrogen-bond acceptors (Lipinski definition) is 2.